The number of aliphatic hydroxyl groups is 7. The average molecular weight is 2030 g/mol. The van der Waals surface area contributed by atoms with E-state index >= 15 is 0 Å². The molecule has 1 aromatic rings. The number of cyclic esters (lactones) is 1. The third kappa shape index (κ3) is 41.1. The van der Waals surface area contributed by atoms with E-state index in [4.69, 9.17) is 43.0 Å². The molecule has 2 bridgehead atoms. The number of aliphatic hydroxyl groups excluding tert-OH is 6. The molecule has 0 unspecified atom stereocenters. The summed E-state index contributed by atoms with van der Waals surface area (Å²) in [6.45, 7) is 13.3. The number of hydrazine groups is 1. The van der Waals surface area contributed by atoms with Crippen LogP contribution in [0, 0.1) is 48.3 Å². The van der Waals surface area contributed by atoms with E-state index < -0.39 is 230 Å². The number of nitrogens with zero attached hydrogens (tertiary/aromatic N) is 1. The van der Waals surface area contributed by atoms with Crippen LogP contribution >= 0.6 is 43.2 Å². The van der Waals surface area contributed by atoms with E-state index in [1.165, 1.54) is 47.8 Å². The fourth-order valence-electron chi connectivity index (χ4n) is 15.9. The third-order valence-corrected chi connectivity index (χ3v) is 29.3. The summed E-state index contributed by atoms with van der Waals surface area (Å²) < 4.78 is 46.7. The zero-order valence-corrected chi connectivity index (χ0v) is 83.7. The highest BCUT2D eigenvalue weighted by Gasteiger charge is 2.54. The number of Topliss-reactive ketones (excluding diaryl/α,β-unsaturated/α-hetero) is 3. The van der Waals surface area contributed by atoms with Crippen LogP contribution in [0.4, 0.5) is 9.59 Å². The molecule has 41 nitrogen and oxygen atoms in total. The van der Waals surface area contributed by atoms with Gasteiger partial charge in [-0.1, -0.05) is 139 Å². The van der Waals surface area contributed by atoms with E-state index in [2.05, 4.69) is 37.3 Å². The molecular weight excluding hydrogens is 1880 g/mol. The molecule has 1 saturated carbocycles. The number of esters is 1. The minimum absolute atomic E-state index is 0.000874. The van der Waals surface area contributed by atoms with Crippen molar-refractivity contribution in [3.05, 3.63) is 83.0 Å². The lowest BCUT2D eigenvalue weighted by atomic mass is 9.78. The fraction of sp³-hybridized carbons (Fsp3) is 0.688. The molecule has 3 fully saturated rings. The molecule has 9 amide bonds. The summed E-state index contributed by atoms with van der Waals surface area (Å²) in [7, 11) is 9.00. The lowest BCUT2D eigenvalue weighted by Gasteiger charge is -2.42. The normalized spacial score (nSPS) is 26.1. The number of nitrogens with one attached hydrogen (secondary N) is 8. The first-order valence-corrected chi connectivity index (χ1v) is 51.5. The smallest absolute Gasteiger partial charge is 0.426 e. The maximum atomic E-state index is 14.8. The van der Waals surface area contributed by atoms with Crippen LogP contribution in [0.1, 0.15) is 180 Å². The third-order valence-electron chi connectivity index (χ3n) is 24.5. The molecule has 138 heavy (non-hydrogen) atoms. The Labute approximate surface area is 820 Å². The zero-order valence-electron chi connectivity index (χ0n) is 80.5. The summed E-state index contributed by atoms with van der Waals surface area (Å²) in [5.74, 6) is -17.2. The van der Waals surface area contributed by atoms with Crippen LogP contribution in [-0.4, -0.2) is 334 Å². The topological polar surface area (TPSA) is 611 Å². The number of aryl methyl sites for hydroxylation is 1. The standard InChI is InChI=1S/C93H143N9O32S4/c1-52-21-26-62(27-22-52)85(116)97-64(88(119)120)29-32-77(109)100-101-92(125)132-38-41-137-138-51-66(89(121)122)99-86(117)65(98-84(115)55(4)23-31-75(107)96-49-69(105)80(112)81(113)70(106)50-103)48-95-76(108)33-39-135-136-40-34-94-91(124)131-37-36-130-71-30-25-61(45-74(71)128-11)44-57(6)73-47-68(104)56(5)43-59(8)79(111)82(129-12)78(110)58(7)42-53(2)18-14-13-15-19-54(3)72(127-10)46-63-28-24-60(9)93(126,134-63)83(114)87(118)102-35-17-16-20-67(102)90(123)133-73/h13-15,18-19,21-22,26-27,43,53,55-58,60-61,63-67,69-74,79-82,103,105-106,111-113,126H,16-17,20,23-25,28-42,44-51H2,1-12H3,(H,94,124)(H,95,108)(H,96,107)(H,97,116)(H,98,115)(H,99,117)(H,100,109)(H,101,125)(H,119,120)(H,121,122)/b15-13?,18-14+,54-19?,59-43+/t53-,55+,56-,57-,58-,60-,61+,63+,64+,65+,66+,67+,69+,70-,71-,72+,73+,74-,79-,80-,81-,82+,93-/m1/s1. The molecule has 45 heteroatoms. The van der Waals surface area contributed by atoms with Crippen LogP contribution in [0.15, 0.2) is 71.9 Å². The zero-order chi connectivity index (χ0) is 102. The van der Waals surface area contributed by atoms with Crippen molar-refractivity contribution in [2.24, 2.45) is 41.4 Å². The van der Waals surface area contributed by atoms with Crippen molar-refractivity contribution in [2.75, 3.05) is 96.9 Å². The highest BCUT2D eigenvalue weighted by atomic mass is 33.1. The number of rotatable bonds is 45. The molecule has 0 spiro atoms. The Kier molecular flexibility index (Phi) is 54.4. The van der Waals surface area contributed by atoms with Gasteiger partial charge < -0.3 is 121 Å². The Balaban J connectivity index is 1.12. The quantitative estimate of drug-likeness (QED) is 0.00836. The first-order chi connectivity index (χ1) is 65.5. The predicted molar refractivity (Wildman–Crippen MR) is 512 cm³/mol. The molecule has 4 aliphatic rings. The van der Waals surface area contributed by atoms with Crippen LogP contribution in [0.5, 0.6) is 0 Å². The van der Waals surface area contributed by atoms with Crippen molar-refractivity contribution < 1.29 is 156 Å². The summed E-state index contributed by atoms with van der Waals surface area (Å²) in [5, 5.41) is 107. The van der Waals surface area contributed by atoms with Crippen molar-refractivity contribution in [1.29, 1.82) is 0 Å². The largest absolute Gasteiger partial charge is 0.480 e. The van der Waals surface area contributed by atoms with Gasteiger partial charge in [0.25, 0.3) is 17.6 Å². The number of carboxylic acid groups (broad SMARTS) is 2. The molecule has 23 atom stereocenters. The van der Waals surface area contributed by atoms with Gasteiger partial charge in [-0.2, -0.15) is 0 Å². The number of ketones is 3. The summed E-state index contributed by atoms with van der Waals surface area (Å²) in [4.78, 5) is 201. The Bertz CT molecular complexity index is 4270. The van der Waals surface area contributed by atoms with E-state index in [1.807, 2.05) is 63.5 Å². The van der Waals surface area contributed by atoms with Gasteiger partial charge in [0.1, 0.15) is 79.8 Å². The molecule has 5 rings (SSSR count). The van der Waals surface area contributed by atoms with Crippen LogP contribution in [-0.2, 0) is 95.4 Å². The van der Waals surface area contributed by atoms with Crippen molar-refractivity contribution >= 4 is 132 Å². The van der Waals surface area contributed by atoms with Crippen molar-refractivity contribution in [3.63, 3.8) is 0 Å². The molecule has 17 N–H and O–H groups in total. The van der Waals surface area contributed by atoms with Gasteiger partial charge >= 0.3 is 30.1 Å². The van der Waals surface area contributed by atoms with E-state index in [-0.39, 0.29) is 124 Å². The van der Waals surface area contributed by atoms with Crippen molar-refractivity contribution in [3.8, 4) is 0 Å². The number of hydrogen-bond acceptors (Lipinski definition) is 34. The number of carboxylic acids is 2. The second-order valence-electron chi connectivity index (χ2n) is 35.4. The molecular formula is C93H143N9O32S4. The molecule has 1 aliphatic carbocycles. The molecule has 776 valence electrons. The number of ether oxygens (including phenoxy) is 8. The van der Waals surface area contributed by atoms with Gasteiger partial charge in [0.05, 0.1) is 43.7 Å². The van der Waals surface area contributed by atoms with Crippen LogP contribution < -0.4 is 42.8 Å². The van der Waals surface area contributed by atoms with Gasteiger partial charge in [0.15, 0.2) is 5.78 Å². The minimum atomic E-state index is -2.52. The number of allylic oxidation sites excluding steroid dienone is 6. The average Bonchev–Trinajstić information content (AvgIpc) is 0.770. The number of methoxy groups -OCH3 is 3. The first kappa shape index (κ1) is 120. The van der Waals surface area contributed by atoms with E-state index in [1.54, 1.807) is 60.1 Å². The summed E-state index contributed by atoms with van der Waals surface area (Å²) in [6.07, 6.45) is -1.11. The number of hydrogen-bond donors (Lipinski definition) is 17. The van der Waals surface area contributed by atoms with E-state index in [0.29, 0.717) is 69.1 Å². The van der Waals surface area contributed by atoms with Crippen LogP contribution in [0.25, 0.3) is 0 Å². The molecule has 3 heterocycles. The number of carbonyl (C=O) groups excluding carboxylic acids is 13. The second-order valence-corrected chi connectivity index (χ2v) is 40.7. The van der Waals surface area contributed by atoms with Crippen LogP contribution in [0.2, 0.25) is 0 Å². The molecule has 0 radical (unpaired) electrons. The van der Waals surface area contributed by atoms with Gasteiger partial charge in [0, 0.05) is 132 Å². The summed E-state index contributed by atoms with van der Waals surface area (Å²) in [5.41, 5.74) is 6.30. The Hall–Kier alpha value is -8.65. The lowest BCUT2D eigenvalue weighted by Crippen LogP contribution is -2.61. The molecule has 1 aromatic carbocycles. The second kappa shape index (κ2) is 62.6. The van der Waals surface area contributed by atoms with Gasteiger partial charge in [-0.3, -0.25) is 53.4 Å². The number of carbonyl (C=O) groups is 15. The molecule has 3 aliphatic heterocycles. The molecule has 0 aromatic heterocycles. The Morgan fingerprint density at radius 2 is 1.29 bits per heavy atom. The highest BCUT2D eigenvalue weighted by Crippen LogP contribution is 2.39. The predicted octanol–water partition coefficient (Wildman–Crippen LogP) is 3.95. The summed E-state index contributed by atoms with van der Waals surface area (Å²) in [6, 6.07) is 0.492. The molecule has 2 saturated heterocycles. The number of amides is 9. The minimum Gasteiger partial charge on any atom is -0.480 e. The maximum Gasteiger partial charge on any atom is 0.426 e. The van der Waals surface area contributed by atoms with E-state index in [0.717, 1.165) is 37.6 Å². The van der Waals surface area contributed by atoms with Gasteiger partial charge in [-0.15, -0.1) is 0 Å². The number of piperidine rings is 1. The SMILES string of the molecule is CO[C@H]1C[C@@H]2CC[C@@H](C)[C@@](O)(O2)C(=O)C(=O)N2CCCC[C@H]2C(=O)O[C@H]([C@H](C)C[C@@H]2CC[C@@H](OCCOC(=O)NCCSSCCC(=O)NC[C@H](NC(=O)[C@@H](C)CCC(=O)NC[C@H](O)[C@@H](O)[C@H](O)[C@H](O)CO)C(=O)N[C@@H](CSSCCOC(=O)NNC(=O)CC[C@H](NC(=O)c3ccc(C)cc3)C(=O)O)C(=O)O)[C@H](OC)C2)CC(=O)[C@H](C)/C=C(\C)[C@@H](O)[C@@H](OC)C(=O)[C@H](C)C[C@H](C)/C=C/C=CC=C1C. The number of alkyl carbamates (subject to hydrolysis) is 1. The van der Waals surface area contributed by atoms with Gasteiger partial charge in [0.2, 0.25) is 35.3 Å². The highest BCUT2D eigenvalue weighted by molar-refractivity contribution is 8.77. The fourth-order valence-corrected chi connectivity index (χ4v) is 19.8. The van der Waals surface area contributed by atoms with Gasteiger partial charge in [-0.05, 0) is 139 Å². The number of aliphatic carboxylic acids is 2. The maximum absolute atomic E-state index is 14.8. The van der Waals surface area contributed by atoms with Crippen molar-refractivity contribution in [1.82, 2.24) is 47.7 Å². The van der Waals surface area contributed by atoms with Crippen molar-refractivity contribution in [2.45, 2.75) is 269 Å². The Morgan fingerprint density at radius 1 is 0.630 bits per heavy atom. The van der Waals surface area contributed by atoms with E-state index in [9.17, 15) is 113 Å². The van der Waals surface area contributed by atoms with Crippen LogP contribution in [0.3, 0.4) is 0 Å². The Morgan fingerprint density at radius 3 is 1.97 bits per heavy atom. The van der Waals surface area contributed by atoms with Gasteiger partial charge in [-0.25, -0.2) is 29.4 Å². The lowest BCUT2D eigenvalue weighted by molar-refractivity contribution is -0.265. The first-order valence-electron chi connectivity index (χ1n) is 46.5. The summed E-state index contributed by atoms with van der Waals surface area (Å²) >= 11 is 0. The number of fused-ring (bicyclic) bond motifs is 3. The monoisotopic (exact) mass is 2030 g/mol. The number of benzene rings is 1.